The second-order valence-electron chi connectivity index (χ2n) is 7.14. The van der Waals surface area contributed by atoms with Gasteiger partial charge in [-0.15, -0.1) is 0 Å². The minimum atomic E-state index is -0.335. The average molecular weight is 342 g/mol. The Kier molecular flexibility index (Phi) is 4.07. The Bertz CT molecular complexity index is 792. The largest absolute Gasteiger partial charge is 0.346 e. The first-order chi connectivity index (χ1) is 12.0. The van der Waals surface area contributed by atoms with Crippen LogP contribution in [0.1, 0.15) is 30.3 Å². The standard InChI is InChI=1S/C19H23FN4O/c1-12-18(13-6-9-24(12)10-7-13)22-19(25)17-4-3-16(23(17)2)15-11-14(20)5-8-21-15/h3-5,8,11-13,18H,6-7,9-10H2,1-2H3,(H,22,25)/t12-,18-/m0/s1. The third-order valence-electron chi connectivity index (χ3n) is 5.81. The molecule has 3 aliphatic rings. The highest BCUT2D eigenvalue weighted by Crippen LogP contribution is 2.32. The molecule has 3 fully saturated rings. The number of rotatable bonds is 3. The summed E-state index contributed by atoms with van der Waals surface area (Å²) >= 11 is 0. The number of aromatic nitrogens is 2. The van der Waals surface area contributed by atoms with E-state index in [0.29, 0.717) is 23.3 Å². The first-order valence-corrected chi connectivity index (χ1v) is 8.87. The molecule has 5 nitrogen and oxygen atoms in total. The predicted octanol–water partition coefficient (Wildman–Crippen LogP) is 2.44. The molecule has 5 heterocycles. The number of piperidine rings is 3. The summed E-state index contributed by atoms with van der Waals surface area (Å²) in [7, 11) is 1.82. The Morgan fingerprint density at radius 2 is 2.04 bits per heavy atom. The maximum Gasteiger partial charge on any atom is 0.268 e. The van der Waals surface area contributed by atoms with E-state index in [0.717, 1.165) is 31.6 Å². The van der Waals surface area contributed by atoms with Crippen molar-refractivity contribution in [1.29, 1.82) is 0 Å². The van der Waals surface area contributed by atoms with Gasteiger partial charge in [0.15, 0.2) is 0 Å². The summed E-state index contributed by atoms with van der Waals surface area (Å²) in [6.45, 7) is 4.47. The quantitative estimate of drug-likeness (QED) is 0.932. The number of carbonyl (C=O) groups excluding carboxylic acids is 1. The molecule has 0 unspecified atom stereocenters. The van der Waals surface area contributed by atoms with Crippen molar-refractivity contribution < 1.29 is 9.18 Å². The molecule has 2 bridgehead atoms. The third-order valence-corrected chi connectivity index (χ3v) is 5.81. The summed E-state index contributed by atoms with van der Waals surface area (Å²) in [5.74, 6) is 0.155. The Morgan fingerprint density at radius 1 is 1.28 bits per heavy atom. The molecule has 3 saturated heterocycles. The van der Waals surface area contributed by atoms with Gasteiger partial charge in [-0.1, -0.05) is 0 Å². The maximum absolute atomic E-state index is 13.5. The smallest absolute Gasteiger partial charge is 0.268 e. The maximum atomic E-state index is 13.5. The zero-order valence-electron chi connectivity index (χ0n) is 14.6. The average Bonchev–Trinajstić information content (AvgIpc) is 3.00. The van der Waals surface area contributed by atoms with Gasteiger partial charge < -0.3 is 9.88 Å². The molecule has 0 radical (unpaired) electrons. The minimum absolute atomic E-state index is 0.0734. The Morgan fingerprint density at radius 3 is 2.72 bits per heavy atom. The molecule has 132 valence electrons. The normalized spacial score (nSPS) is 28.1. The van der Waals surface area contributed by atoms with Crippen molar-refractivity contribution in [2.75, 3.05) is 13.1 Å². The molecule has 3 aliphatic heterocycles. The highest BCUT2D eigenvalue weighted by atomic mass is 19.1. The van der Waals surface area contributed by atoms with Crippen LogP contribution in [0.4, 0.5) is 4.39 Å². The fraction of sp³-hybridized carbons (Fsp3) is 0.474. The molecule has 5 rings (SSSR count). The van der Waals surface area contributed by atoms with Crippen molar-refractivity contribution >= 4 is 5.91 Å². The number of fused-ring (bicyclic) bond motifs is 3. The molecule has 2 aromatic heterocycles. The van der Waals surface area contributed by atoms with Gasteiger partial charge in [0.05, 0.1) is 11.4 Å². The molecule has 1 amide bonds. The number of hydrogen-bond donors (Lipinski definition) is 1. The van der Waals surface area contributed by atoms with Crippen molar-refractivity contribution in [3.8, 4) is 11.4 Å². The van der Waals surface area contributed by atoms with Crippen LogP contribution in [-0.2, 0) is 7.05 Å². The second-order valence-corrected chi connectivity index (χ2v) is 7.14. The molecule has 0 saturated carbocycles. The Labute approximate surface area is 146 Å². The van der Waals surface area contributed by atoms with Gasteiger partial charge in [-0.25, -0.2) is 4.39 Å². The van der Waals surface area contributed by atoms with E-state index in [1.807, 2.05) is 13.1 Å². The lowest BCUT2D eigenvalue weighted by Crippen LogP contribution is -2.62. The molecular weight excluding hydrogens is 319 g/mol. The van der Waals surface area contributed by atoms with Crippen LogP contribution >= 0.6 is 0 Å². The number of pyridine rings is 1. The molecule has 2 atom stereocenters. The third kappa shape index (κ3) is 2.84. The van der Waals surface area contributed by atoms with Crippen LogP contribution in [0.3, 0.4) is 0 Å². The minimum Gasteiger partial charge on any atom is -0.346 e. The monoisotopic (exact) mass is 342 g/mol. The van der Waals surface area contributed by atoms with E-state index in [2.05, 4.69) is 22.1 Å². The second kappa shape index (κ2) is 6.26. The first kappa shape index (κ1) is 16.3. The Balaban J connectivity index is 1.55. The molecule has 2 aromatic rings. The topological polar surface area (TPSA) is 50.2 Å². The fourth-order valence-electron chi connectivity index (χ4n) is 4.31. The van der Waals surface area contributed by atoms with Gasteiger partial charge in [0, 0.05) is 31.4 Å². The summed E-state index contributed by atoms with van der Waals surface area (Å²) in [4.78, 5) is 19.5. The fourth-order valence-corrected chi connectivity index (χ4v) is 4.31. The van der Waals surface area contributed by atoms with E-state index < -0.39 is 0 Å². The number of nitrogens with one attached hydrogen (secondary N) is 1. The molecule has 25 heavy (non-hydrogen) atoms. The summed E-state index contributed by atoms with van der Waals surface area (Å²) in [5.41, 5.74) is 1.83. The van der Waals surface area contributed by atoms with Gasteiger partial charge in [0.2, 0.25) is 0 Å². The van der Waals surface area contributed by atoms with E-state index >= 15 is 0 Å². The van der Waals surface area contributed by atoms with Crippen molar-refractivity contribution in [2.45, 2.75) is 31.8 Å². The number of hydrogen-bond acceptors (Lipinski definition) is 3. The summed E-state index contributed by atoms with van der Waals surface area (Å²) in [6, 6.07) is 6.86. The van der Waals surface area contributed by atoms with E-state index in [1.54, 1.807) is 10.6 Å². The van der Waals surface area contributed by atoms with E-state index in [-0.39, 0.29) is 17.8 Å². The number of halogens is 1. The van der Waals surface area contributed by atoms with Crippen molar-refractivity contribution in [2.24, 2.45) is 13.0 Å². The molecule has 0 aromatic carbocycles. The van der Waals surface area contributed by atoms with Gasteiger partial charge in [0.1, 0.15) is 11.5 Å². The lowest BCUT2D eigenvalue weighted by Gasteiger charge is -2.49. The van der Waals surface area contributed by atoms with Crippen LogP contribution in [0.2, 0.25) is 0 Å². The molecule has 0 aliphatic carbocycles. The molecule has 1 N–H and O–H groups in total. The lowest BCUT2D eigenvalue weighted by molar-refractivity contribution is 0.0215. The summed E-state index contributed by atoms with van der Waals surface area (Å²) < 4.78 is 15.2. The van der Waals surface area contributed by atoms with Crippen molar-refractivity contribution in [3.63, 3.8) is 0 Å². The predicted molar refractivity (Wildman–Crippen MR) is 93.6 cm³/mol. The zero-order valence-corrected chi connectivity index (χ0v) is 14.6. The summed E-state index contributed by atoms with van der Waals surface area (Å²) in [5, 5.41) is 3.24. The lowest BCUT2D eigenvalue weighted by atomic mass is 9.79. The van der Waals surface area contributed by atoms with E-state index in [9.17, 15) is 9.18 Å². The van der Waals surface area contributed by atoms with Crippen LogP contribution in [-0.4, -0.2) is 45.5 Å². The number of carbonyl (C=O) groups is 1. The molecule has 6 heteroatoms. The van der Waals surface area contributed by atoms with Gasteiger partial charge in [-0.3, -0.25) is 14.7 Å². The van der Waals surface area contributed by atoms with Gasteiger partial charge >= 0.3 is 0 Å². The molecular formula is C19H23FN4O. The summed E-state index contributed by atoms with van der Waals surface area (Å²) in [6.07, 6.45) is 3.74. The highest BCUT2D eigenvalue weighted by molar-refractivity contribution is 5.94. The van der Waals surface area contributed by atoms with Crippen molar-refractivity contribution in [1.82, 2.24) is 19.8 Å². The van der Waals surface area contributed by atoms with Crippen LogP contribution in [0.15, 0.2) is 30.5 Å². The van der Waals surface area contributed by atoms with Gasteiger partial charge in [-0.05, 0) is 57.0 Å². The first-order valence-electron chi connectivity index (χ1n) is 8.87. The number of nitrogens with zero attached hydrogens (tertiary/aromatic N) is 3. The van der Waals surface area contributed by atoms with E-state index in [4.69, 9.17) is 0 Å². The van der Waals surface area contributed by atoms with Crippen LogP contribution in [0.5, 0.6) is 0 Å². The Hall–Kier alpha value is -2.21. The highest BCUT2D eigenvalue weighted by Gasteiger charge is 2.40. The molecule has 0 spiro atoms. The van der Waals surface area contributed by atoms with E-state index in [1.165, 1.54) is 18.3 Å². The van der Waals surface area contributed by atoms with Gasteiger partial charge in [0.25, 0.3) is 5.91 Å². The van der Waals surface area contributed by atoms with Gasteiger partial charge in [-0.2, -0.15) is 0 Å². The van der Waals surface area contributed by atoms with Crippen LogP contribution in [0.25, 0.3) is 11.4 Å². The zero-order chi connectivity index (χ0) is 17.6. The van der Waals surface area contributed by atoms with Crippen LogP contribution in [0, 0.1) is 11.7 Å². The van der Waals surface area contributed by atoms with Crippen LogP contribution < -0.4 is 5.32 Å². The van der Waals surface area contributed by atoms with Crippen molar-refractivity contribution in [3.05, 3.63) is 42.0 Å². The SMILES string of the molecule is C[C@H]1[C@H](NC(=O)c2ccc(-c3cc(F)ccn3)n2C)C2CCN1CC2. The number of amides is 1.